The molecule has 0 spiro atoms. The Morgan fingerprint density at radius 1 is 0.583 bits per heavy atom. The molecule has 5 aromatic heterocycles. The number of aromatic nitrogens is 8. The molecule has 10 amide bonds. The molecule has 4 saturated carbocycles. The van der Waals surface area contributed by atoms with Gasteiger partial charge in [0, 0.05) is 110 Å². The van der Waals surface area contributed by atoms with Gasteiger partial charge < -0.3 is 56.3 Å². The smallest absolute Gasteiger partial charge is 0.323 e. The van der Waals surface area contributed by atoms with Crippen LogP contribution in [0.3, 0.4) is 0 Å². The van der Waals surface area contributed by atoms with Crippen LogP contribution in [0.1, 0.15) is 193 Å². The third-order valence-corrected chi connectivity index (χ3v) is 24.1. The van der Waals surface area contributed by atoms with Crippen molar-refractivity contribution in [2.75, 3.05) is 93.2 Å². The number of piperidine rings is 2. The first-order valence-electron chi connectivity index (χ1n) is 40.9. The summed E-state index contributed by atoms with van der Waals surface area (Å²) in [5, 5.41) is 36.8. The molecule has 2 saturated heterocycles. The van der Waals surface area contributed by atoms with Crippen molar-refractivity contribution in [1.29, 1.82) is 0 Å². The van der Waals surface area contributed by atoms with E-state index in [2.05, 4.69) is 68.0 Å². The fourth-order valence-corrected chi connectivity index (χ4v) is 17.3. The molecule has 4 aliphatic carbocycles. The van der Waals surface area contributed by atoms with E-state index < -0.39 is 59.3 Å². The number of hydrogen-bond donors (Lipinski definition) is 9. The van der Waals surface area contributed by atoms with Crippen molar-refractivity contribution in [2.45, 2.75) is 203 Å². The molecule has 616 valence electrons. The monoisotopic (exact) mass is 1610 g/mol. The summed E-state index contributed by atoms with van der Waals surface area (Å²) in [7, 11) is 3.73. The van der Waals surface area contributed by atoms with E-state index in [-0.39, 0.29) is 123 Å². The summed E-state index contributed by atoms with van der Waals surface area (Å²) in [5.41, 5.74) is 4.81. The molecule has 32 nitrogen and oxygen atoms in total. The van der Waals surface area contributed by atoms with Crippen LogP contribution >= 0.6 is 11.3 Å². The van der Waals surface area contributed by atoms with Crippen LogP contribution in [0.2, 0.25) is 0 Å². The Kier molecular flexibility index (Phi) is 27.2. The minimum Gasteiger partial charge on any atom is -0.382 e. The highest BCUT2D eigenvalue weighted by molar-refractivity contribution is 7.14. The summed E-state index contributed by atoms with van der Waals surface area (Å²) in [6.45, 7) is 3.73. The quantitative estimate of drug-likeness (QED) is 0.0136. The first-order valence-corrected chi connectivity index (χ1v) is 41.7. The zero-order valence-electron chi connectivity index (χ0n) is 65.3. The predicted octanol–water partition coefficient (Wildman–Crippen LogP) is 7.14. The number of amides is 10. The number of rotatable bonds is 41. The number of unbranched alkanes of at least 4 members (excludes halogenated alkanes) is 5. The summed E-state index contributed by atoms with van der Waals surface area (Å²) < 4.78 is 53.7. The Hall–Kier alpha value is -9.81. The third-order valence-electron chi connectivity index (χ3n) is 23.0. The van der Waals surface area contributed by atoms with E-state index in [0.29, 0.717) is 141 Å². The molecule has 6 aromatic rings. The van der Waals surface area contributed by atoms with Crippen LogP contribution < -0.4 is 52.8 Å². The van der Waals surface area contributed by atoms with E-state index in [1.807, 2.05) is 24.8 Å². The van der Waals surface area contributed by atoms with Crippen molar-refractivity contribution in [3.63, 3.8) is 0 Å². The van der Waals surface area contributed by atoms with E-state index >= 15 is 8.78 Å². The van der Waals surface area contributed by atoms with Gasteiger partial charge in [0.15, 0.2) is 17.5 Å². The molecule has 2 atom stereocenters. The van der Waals surface area contributed by atoms with Crippen molar-refractivity contribution in [2.24, 2.45) is 25.9 Å². The van der Waals surface area contributed by atoms with Gasteiger partial charge in [-0.2, -0.15) is 15.2 Å². The fourth-order valence-electron chi connectivity index (χ4n) is 16.2. The highest BCUT2D eigenvalue weighted by Gasteiger charge is 2.47. The minimum atomic E-state index is -1.06. The molecule has 0 radical (unpaired) electrons. The first-order chi connectivity index (χ1) is 55.9. The SMILES string of the molecule is Cn1ncc(-c2nc(N[C@H]3CC[C@H](NCCCCCCCCNC(=O)N(Cc4cc5c(s4)C(=O)N(C4CCC(=O)NC4=O)C5)c4nc(N[C@H]5CC[C@H](NCC(=O)NCCOCCOCCOCCNc6cccc7c6C(=O)N(C6CCC(=O)NC6=O)C7=O)CC5)nc(-c5cnn(C)c5CC5CC5)c4F)CC3)ncc2F)c1CC1CC1. The number of anilines is 4. The number of nitrogens with one attached hydrogen (secondary N) is 9. The van der Waals surface area contributed by atoms with Gasteiger partial charge >= 0.3 is 6.03 Å². The molecule has 8 aliphatic rings. The molecule has 1 aromatic carbocycles. The van der Waals surface area contributed by atoms with E-state index in [0.717, 1.165) is 105 Å². The average Bonchev–Trinajstić information content (AvgIpc) is 1.62. The number of halogens is 2. The maximum Gasteiger partial charge on any atom is 0.323 e. The van der Waals surface area contributed by atoms with Gasteiger partial charge in [0.1, 0.15) is 23.5 Å². The molecule has 4 aliphatic heterocycles. The Balaban J connectivity index is 0.521. The summed E-state index contributed by atoms with van der Waals surface area (Å²) in [5.74, 6) is -3.59. The molecule has 2 unspecified atom stereocenters. The number of ether oxygens (including phenoxy) is 3. The standard InChI is InChI=1S/C80H104F2N20O12S/c1-98-62(38-47-12-13-47)56(41-89-98)69-58(81)43-88-78(95-69)91-52-20-16-50(17-21-52)83-28-7-5-3-4-6-8-29-86-80(111)101(46-54-40-49-45-100(77(110)71(49)115-54)60-24-26-64(103)93-73(60)106)72-68(82)70(57-42-90-99(2)63(57)39-48-14-15-48)96-79(97-72)92-53-22-18-51(19-23-53)87-44-66(105)85-31-33-113-35-37-114-36-34-112-32-30-84-59-11-9-10-55-67(59)76(109)102(75(55)108)61-25-27-65(104)94-74(61)107/h9-11,40-43,47-48,50-53,60-61,83-84,87H,3-8,12-39,44-46H2,1-2H3,(H,85,105)(H,86,111)(H,88,91,95)(H,92,96,97)(H,93,103,106)(H,94,104,107)/t50-,51-,52-,53-,60?,61?. The minimum absolute atomic E-state index is 0.00408. The van der Waals surface area contributed by atoms with Crippen molar-refractivity contribution in [3.8, 4) is 22.5 Å². The topological polar surface area (TPSA) is 387 Å². The fraction of sp³-hybridized carbons (Fsp3) is 0.588. The number of benzene rings is 1. The number of carbonyl (C=O) groups is 9. The Morgan fingerprint density at radius 3 is 1.79 bits per heavy atom. The van der Waals surface area contributed by atoms with Crippen LogP contribution in [0.5, 0.6) is 0 Å². The van der Waals surface area contributed by atoms with Crippen molar-refractivity contribution in [1.82, 2.24) is 81.2 Å². The molecule has 6 fully saturated rings. The van der Waals surface area contributed by atoms with Gasteiger partial charge in [-0.15, -0.1) is 11.3 Å². The Morgan fingerprint density at radius 2 is 1.16 bits per heavy atom. The zero-order valence-corrected chi connectivity index (χ0v) is 66.1. The van der Waals surface area contributed by atoms with Crippen LogP contribution in [-0.2, 0) is 78.2 Å². The Labute approximate surface area is 669 Å². The lowest BCUT2D eigenvalue weighted by molar-refractivity contribution is -0.138. The average molecular weight is 1610 g/mol. The maximum absolute atomic E-state index is 17.9. The van der Waals surface area contributed by atoms with E-state index in [1.165, 1.54) is 46.2 Å². The van der Waals surface area contributed by atoms with Crippen LogP contribution in [-0.4, -0.2) is 211 Å². The molecular formula is C80H104F2N20O12S. The second kappa shape index (κ2) is 38.3. The third kappa shape index (κ3) is 20.7. The number of carbonyl (C=O) groups excluding carboxylic acids is 9. The molecule has 0 bridgehead atoms. The Bertz CT molecular complexity index is 4530. The summed E-state index contributed by atoms with van der Waals surface area (Å²) >= 11 is 1.18. The molecule has 9 N–H and O–H groups in total. The van der Waals surface area contributed by atoms with Gasteiger partial charge in [-0.25, -0.2) is 28.5 Å². The predicted molar refractivity (Wildman–Crippen MR) is 421 cm³/mol. The van der Waals surface area contributed by atoms with E-state index in [4.69, 9.17) is 24.2 Å². The second-order valence-electron chi connectivity index (χ2n) is 31.4. The molecule has 115 heavy (non-hydrogen) atoms. The van der Waals surface area contributed by atoms with Gasteiger partial charge in [0.2, 0.25) is 41.4 Å². The van der Waals surface area contributed by atoms with E-state index in [9.17, 15) is 43.2 Å². The van der Waals surface area contributed by atoms with Crippen LogP contribution in [0.4, 0.5) is 37.0 Å². The van der Waals surface area contributed by atoms with Crippen LogP contribution in [0, 0.1) is 23.5 Å². The lowest BCUT2D eigenvalue weighted by atomic mass is 9.91. The van der Waals surface area contributed by atoms with Crippen LogP contribution in [0.15, 0.2) is 42.9 Å². The van der Waals surface area contributed by atoms with Gasteiger partial charge in [0.25, 0.3) is 17.7 Å². The van der Waals surface area contributed by atoms with Crippen molar-refractivity contribution in [3.05, 3.63) is 92.3 Å². The molecule has 14 rings (SSSR count). The maximum atomic E-state index is 17.9. The highest BCUT2D eigenvalue weighted by atomic mass is 32.1. The summed E-state index contributed by atoms with van der Waals surface area (Å²) in [4.78, 5) is 141. The first kappa shape index (κ1) is 81.7. The number of hydrogen-bond acceptors (Lipinski definition) is 24. The van der Waals surface area contributed by atoms with Gasteiger partial charge in [-0.3, -0.25) is 68.2 Å². The van der Waals surface area contributed by atoms with Gasteiger partial charge in [0.05, 0.1) is 87.3 Å². The van der Waals surface area contributed by atoms with Crippen molar-refractivity contribution < 1.29 is 66.1 Å². The number of imide groups is 3. The normalized spacial score (nSPS) is 20.9. The largest absolute Gasteiger partial charge is 0.382 e. The number of urea groups is 1. The van der Waals surface area contributed by atoms with Gasteiger partial charge in [-0.05, 0) is 158 Å². The lowest BCUT2D eigenvalue weighted by Gasteiger charge is -2.30. The number of nitrogens with zero attached hydrogens (tertiary/aromatic N) is 11. The van der Waals surface area contributed by atoms with Crippen molar-refractivity contribution >= 4 is 88.0 Å². The summed E-state index contributed by atoms with van der Waals surface area (Å²) in [6, 6.07) is 4.76. The second-order valence-corrected chi connectivity index (χ2v) is 32.5. The summed E-state index contributed by atoms with van der Waals surface area (Å²) in [6.07, 6.45) is 23.3. The lowest BCUT2D eigenvalue weighted by Crippen LogP contribution is -2.54. The highest BCUT2D eigenvalue weighted by Crippen LogP contribution is 2.41. The molecule has 35 heteroatoms. The molecule has 9 heterocycles. The zero-order chi connectivity index (χ0) is 80.1. The molecular weight excluding hydrogens is 1500 g/mol. The number of fused-ring (bicyclic) bond motifs is 2. The number of thiophene rings is 1. The van der Waals surface area contributed by atoms with E-state index in [1.54, 1.807) is 29.2 Å². The van der Waals surface area contributed by atoms with Crippen LogP contribution in [0.25, 0.3) is 22.5 Å². The van der Waals surface area contributed by atoms with Gasteiger partial charge in [-0.1, -0.05) is 31.7 Å². The number of aryl methyl sites for hydroxylation is 2.